The van der Waals surface area contributed by atoms with E-state index in [1.165, 1.54) is 0 Å². The van der Waals surface area contributed by atoms with Crippen LogP contribution >= 0.6 is 11.6 Å². The second-order valence-electron chi connectivity index (χ2n) is 5.74. The van der Waals surface area contributed by atoms with Crippen LogP contribution in [-0.2, 0) is 20.8 Å². The second kappa shape index (κ2) is 7.84. The Morgan fingerprint density at radius 1 is 1.04 bits per heavy atom. The fraction of sp³-hybridized carbons (Fsp3) is 0.105. The Balaban J connectivity index is 1.55. The Kier molecular flexibility index (Phi) is 5.34. The summed E-state index contributed by atoms with van der Waals surface area (Å²) < 4.78 is 0. The van der Waals surface area contributed by atoms with Crippen LogP contribution in [0.5, 0.6) is 0 Å². The maximum absolute atomic E-state index is 12.1. The third kappa shape index (κ3) is 4.49. The number of fused-ring (bicyclic) bond motifs is 1. The molecule has 2 aromatic carbocycles. The van der Waals surface area contributed by atoms with Gasteiger partial charge < -0.3 is 16.0 Å². The van der Waals surface area contributed by atoms with Crippen molar-refractivity contribution in [2.24, 2.45) is 0 Å². The minimum absolute atomic E-state index is 0.281. The molecule has 2 aromatic rings. The van der Waals surface area contributed by atoms with Crippen molar-refractivity contribution < 1.29 is 14.4 Å². The molecule has 3 N–H and O–H groups in total. The van der Waals surface area contributed by atoms with Crippen molar-refractivity contribution in [1.29, 1.82) is 0 Å². The SMILES string of the molecule is O=C(/C=C/C(=O)NC1Cc2ccccc2NC1=O)Nc1ccc(Cl)cc1. The van der Waals surface area contributed by atoms with Crippen molar-refractivity contribution in [3.8, 4) is 0 Å². The number of amides is 3. The number of carbonyl (C=O) groups excluding carboxylic acids is 3. The molecule has 1 heterocycles. The van der Waals surface area contributed by atoms with Gasteiger partial charge in [-0.1, -0.05) is 29.8 Å². The molecule has 132 valence electrons. The molecule has 26 heavy (non-hydrogen) atoms. The molecule has 6 nitrogen and oxygen atoms in total. The summed E-state index contributed by atoms with van der Waals surface area (Å²) in [6.45, 7) is 0. The van der Waals surface area contributed by atoms with Crippen LogP contribution in [-0.4, -0.2) is 23.8 Å². The number of hydrogen-bond donors (Lipinski definition) is 3. The summed E-state index contributed by atoms with van der Waals surface area (Å²) >= 11 is 5.77. The zero-order valence-corrected chi connectivity index (χ0v) is 14.4. The van der Waals surface area contributed by atoms with Crippen LogP contribution < -0.4 is 16.0 Å². The second-order valence-corrected chi connectivity index (χ2v) is 6.18. The van der Waals surface area contributed by atoms with E-state index in [1.54, 1.807) is 24.3 Å². The van der Waals surface area contributed by atoms with E-state index in [2.05, 4.69) is 16.0 Å². The lowest BCUT2D eigenvalue weighted by Crippen LogP contribution is -2.47. The first-order valence-electron chi connectivity index (χ1n) is 7.95. The number of rotatable bonds is 4. The van der Waals surface area contributed by atoms with Gasteiger partial charge in [0.25, 0.3) is 0 Å². The van der Waals surface area contributed by atoms with E-state index in [9.17, 15) is 14.4 Å². The van der Waals surface area contributed by atoms with Gasteiger partial charge in [0.15, 0.2) is 0 Å². The highest BCUT2D eigenvalue weighted by atomic mass is 35.5. The first-order valence-corrected chi connectivity index (χ1v) is 8.33. The van der Waals surface area contributed by atoms with Gasteiger partial charge in [-0.05, 0) is 35.9 Å². The standard InChI is InChI=1S/C19H16ClN3O3/c20-13-5-7-14(8-6-13)21-17(24)9-10-18(25)22-16-11-12-3-1-2-4-15(12)23-19(16)26/h1-10,16H,11H2,(H,21,24)(H,22,25)(H,23,26)/b10-9+. The van der Waals surface area contributed by atoms with Crippen molar-refractivity contribution in [2.45, 2.75) is 12.5 Å². The highest BCUT2D eigenvalue weighted by molar-refractivity contribution is 6.30. The lowest BCUT2D eigenvalue weighted by molar-refractivity contribution is -0.124. The zero-order chi connectivity index (χ0) is 18.5. The van der Waals surface area contributed by atoms with Gasteiger partial charge in [-0.2, -0.15) is 0 Å². The maximum atomic E-state index is 12.1. The Bertz CT molecular complexity index is 878. The Hall–Kier alpha value is -3.12. The molecule has 1 atom stereocenters. The molecule has 0 bridgehead atoms. The van der Waals surface area contributed by atoms with Gasteiger partial charge in [-0.3, -0.25) is 14.4 Å². The molecule has 1 aliphatic heterocycles. The highest BCUT2D eigenvalue weighted by Crippen LogP contribution is 2.21. The Morgan fingerprint density at radius 3 is 2.50 bits per heavy atom. The van der Waals surface area contributed by atoms with E-state index in [0.29, 0.717) is 17.1 Å². The molecule has 0 fully saturated rings. The predicted octanol–water partition coefficient (Wildman–Crippen LogP) is 2.51. The van der Waals surface area contributed by atoms with Gasteiger partial charge in [0.2, 0.25) is 17.7 Å². The van der Waals surface area contributed by atoms with Crippen LogP contribution in [0.4, 0.5) is 11.4 Å². The normalized spacial score (nSPS) is 15.9. The zero-order valence-electron chi connectivity index (χ0n) is 13.7. The quantitative estimate of drug-likeness (QED) is 0.724. The fourth-order valence-electron chi connectivity index (χ4n) is 2.56. The summed E-state index contributed by atoms with van der Waals surface area (Å²) in [5, 5.41) is 8.52. The summed E-state index contributed by atoms with van der Waals surface area (Å²) in [7, 11) is 0. The largest absolute Gasteiger partial charge is 0.340 e. The molecular formula is C19H16ClN3O3. The third-order valence-corrected chi connectivity index (χ3v) is 4.08. The first-order chi connectivity index (χ1) is 12.5. The van der Waals surface area contributed by atoms with Crippen LogP contribution in [0.25, 0.3) is 0 Å². The van der Waals surface area contributed by atoms with Crippen molar-refractivity contribution in [2.75, 3.05) is 10.6 Å². The first kappa shape index (κ1) is 17.7. The predicted molar refractivity (Wildman–Crippen MR) is 99.9 cm³/mol. The molecule has 0 radical (unpaired) electrons. The molecule has 3 rings (SSSR count). The lowest BCUT2D eigenvalue weighted by atomic mass is 9.99. The number of nitrogens with one attached hydrogen (secondary N) is 3. The van der Waals surface area contributed by atoms with Crippen LogP contribution in [0.1, 0.15) is 5.56 Å². The third-order valence-electron chi connectivity index (χ3n) is 3.83. The number of para-hydroxylation sites is 1. The molecule has 3 amide bonds. The number of benzene rings is 2. The van der Waals surface area contributed by atoms with E-state index >= 15 is 0 Å². The van der Waals surface area contributed by atoms with Gasteiger partial charge in [0, 0.05) is 35.0 Å². The molecule has 0 spiro atoms. The van der Waals surface area contributed by atoms with Crippen LogP contribution in [0.3, 0.4) is 0 Å². The van der Waals surface area contributed by atoms with Crippen LogP contribution in [0, 0.1) is 0 Å². The van der Waals surface area contributed by atoms with Gasteiger partial charge in [0.1, 0.15) is 6.04 Å². The summed E-state index contributed by atoms with van der Waals surface area (Å²) in [6, 6.07) is 13.3. The van der Waals surface area contributed by atoms with E-state index in [0.717, 1.165) is 23.4 Å². The minimum Gasteiger partial charge on any atom is -0.340 e. The summed E-state index contributed by atoms with van der Waals surface area (Å²) in [5.41, 5.74) is 2.26. The molecule has 1 unspecified atom stereocenters. The summed E-state index contributed by atoms with van der Waals surface area (Å²) in [5.74, 6) is -1.26. The number of carbonyl (C=O) groups is 3. The molecule has 0 aliphatic carbocycles. The number of halogens is 1. The molecule has 1 aliphatic rings. The van der Waals surface area contributed by atoms with E-state index in [1.807, 2.05) is 24.3 Å². The Morgan fingerprint density at radius 2 is 1.73 bits per heavy atom. The fourth-order valence-corrected chi connectivity index (χ4v) is 2.68. The average Bonchev–Trinajstić information content (AvgIpc) is 2.62. The highest BCUT2D eigenvalue weighted by Gasteiger charge is 2.26. The van der Waals surface area contributed by atoms with Gasteiger partial charge in [0.05, 0.1) is 0 Å². The van der Waals surface area contributed by atoms with Crippen molar-refractivity contribution in [3.63, 3.8) is 0 Å². The molecule has 7 heteroatoms. The minimum atomic E-state index is -0.679. The molecular weight excluding hydrogens is 354 g/mol. The van der Waals surface area contributed by atoms with E-state index < -0.39 is 17.9 Å². The lowest BCUT2D eigenvalue weighted by Gasteiger charge is -2.24. The van der Waals surface area contributed by atoms with E-state index in [4.69, 9.17) is 11.6 Å². The van der Waals surface area contributed by atoms with E-state index in [-0.39, 0.29) is 5.91 Å². The monoisotopic (exact) mass is 369 g/mol. The van der Waals surface area contributed by atoms with Crippen molar-refractivity contribution in [1.82, 2.24) is 5.32 Å². The summed E-state index contributed by atoms with van der Waals surface area (Å²) in [6.07, 6.45) is 2.61. The number of hydrogen-bond acceptors (Lipinski definition) is 3. The number of anilines is 2. The smallest absolute Gasteiger partial charge is 0.248 e. The van der Waals surface area contributed by atoms with Gasteiger partial charge in [-0.25, -0.2) is 0 Å². The molecule has 0 aromatic heterocycles. The van der Waals surface area contributed by atoms with Gasteiger partial charge in [-0.15, -0.1) is 0 Å². The van der Waals surface area contributed by atoms with Crippen LogP contribution in [0.2, 0.25) is 5.02 Å². The van der Waals surface area contributed by atoms with Crippen LogP contribution in [0.15, 0.2) is 60.7 Å². The van der Waals surface area contributed by atoms with Crippen molar-refractivity contribution in [3.05, 3.63) is 71.3 Å². The topological polar surface area (TPSA) is 87.3 Å². The van der Waals surface area contributed by atoms with Crippen molar-refractivity contribution >= 4 is 40.7 Å². The maximum Gasteiger partial charge on any atom is 0.248 e. The summed E-state index contributed by atoms with van der Waals surface area (Å²) in [4.78, 5) is 35.9. The van der Waals surface area contributed by atoms with Gasteiger partial charge >= 0.3 is 0 Å². The average molecular weight is 370 g/mol. The Labute approximate surface area is 155 Å². The molecule has 0 saturated heterocycles. The molecule has 0 saturated carbocycles.